The molecule has 0 spiro atoms. The zero-order chi connectivity index (χ0) is 45.7. The zero-order valence-electron chi connectivity index (χ0n) is 34.5. The molecule has 4 aliphatic rings. The molecular formula is C50H36Cl6N2O6. The number of benzene rings is 6. The molecule has 2 aliphatic carbocycles. The van der Waals surface area contributed by atoms with Crippen LogP contribution in [-0.2, 0) is 30.0 Å². The Morgan fingerprint density at radius 1 is 0.406 bits per heavy atom. The van der Waals surface area contributed by atoms with Crippen LogP contribution in [0.15, 0.2) is 133 Å². The first-order chi connectivity index (χ1) is 30.5. The fourth-order valence-electron chi connectivity index (χ4n) is 10.8. The minimum Gasteiger partial charge on any atom is -0.497 e. The topological polar surface area (TPSA) is 93.2 Å². The largest absolute Gasteiger partial charge is 0.497 e. The van der Waals surface area contributed by atoms with E-state index in [1.54, 1.807) is 74.9 Å². The van der Waals surface area contributed by atoms with E-state index in [9.17, 15) is 19.2 Å². The van der Waals surface area contributed by atoms with Gasteiger partial charge in [-0.3, -0.25) is 19.2 Å². The van der Waals surface area contributed by atoms with E-state index in [0.717, 1.165) is 22.3 Å². The molecule has 6 aromatic rings. The standard InChI is InChI=1S/2C25H18Cl3NO3/c2*1-24-21(22(30)29(23(24)31)19-12-17(27)11-18(28)13-19)25(24,14-3-7-16(26)8-4-14)15-5-9-20(32-2)10-6-15/h2*3-13,21H,1-2H3/t21-,24-,25+;21-,24-,25-/m11/s1. The smallest absolute Gasteiger partial charge is 0.241 e. The Hall–Kier alpha value is -5.06. The van der Waals surface area contributed by atoms with Crippen LogP contribution in [0.1, 0.15) is 36.1 Å². The zero-order valence-corrected chi connectivity index (χ0v) is 39.0. The highest BCUT2D eigenvalue weighted by Crippen LogP contribution is 2.78. The number of carbonyl (C=O) groups excluding carboxylic acids is 4. The summed E-state index contributed by atoms with van der Waals surface area (Å²) in [6, 6.07) is 39.1. The van der Waals surface area contributed by atoms with Crippen LogP contribution in [0, 0.1) is 22.7 Å². The minimum atomic E-state index is -0.971. The second kappa shape index (κ2) is 15.8. The van der Waals surface area contributed by atoms with Gasteiger partial charge in [0.15, 0.2) is 0 Å². The molecule has 10 rings (SSSR count). The van der Waals surface area contributed by atoms with Crippen molar-refractivity contribution in [1.82, 2.24) is 0 Å². The van der Waals surface area contributed by atoms with Gasteiger partial charge in [-0.1, -0.05) is 118 Å². The molecule has 8 nitrogen and oxygen atoms in total. The number of ether oxygens (including phenoxy) is 2. The van der Waals surface area contributed by atoms with Gasteiger partial charge >= 0.3 is 0 Å². The van der Waals surface area contributed by atoms with Crippen LogP contribution in [0.4, 0.5) is 11.4 Å². The highest BCUT2D eigenvalue weighted by Gasteiger charge is 2.88. The summed E-state index contributed by atoms with van der Waals surface area (Å²) in [7, 11) is 3.19. The maximum atomic E-state index is 13.8. The van der Waals surface area contributed by atoms with E-state index in [1.807, 2.05) is 86.6 Å². The van der Waals surface area contributed by atoms with Gasteiger partial charge in [-0.25, -0.2) is 9.80 Å². The van der Waals surface area contributed by atoms with Crippen LogP contribution in [0.5, 0.6) is 11.5 Å². The first-order valence-electron chi connectivity index (χ1n) is 20.0. The van der Waals surface area contributed by atoms with Crippen molar-refractivity contribution in [3.63, 3.8) is 0 Å². The number of nitrogens with zero attached hydrogens (tertiary/aromatic N) is 2. The van der Waals surface area contributed by atoms with E-state index in [-0.39, 0.29) is 23.6 Å². The van der Waals surface area contributed by atoms with E-state index in [1.165, 1.54) is 9.80 Å². The number of rotatable bonds is 8. The Morgan fingerprint density at radius 2 is 0.672 bits per heavy atom. The molecule has 0 radical (unpaired) electrons. The number of imide groups is 2. The molecule has 324 valence electrons. The maximum absolute atomic E-state index is 13.8. The SMILES string of the molecule is COc1ccc([C@@]2(c3ccc(Cl)cc3)[C@@H]3C(=O)N(c4cc(Cl)cc(Cl)c4)C(=O)[C@@]32C)cc1.COc1ccc([C@]2(c3ccc(Cl)cc3)[C@@H]3C(=O)N(c4cc(Cl)cc(Cl)c4)C(=O)[C@@]32C)cc1. The third-order valence-corrected chi connectivity index (χ3v) is 15.0. The number of fused-ring (bicyclic) bond motifs is 2. The summed E-state index contributed by atoms with van der Waals surface area (Å²) < 4.78 is 10.6. The summed E-state index contributed by atoms with van der Waals surface area (Å²) in [6.45, 7) is 3.70. The third kappa shape index (κ3) is 6.24. The number of hydrogen-bond donors (Lipinski definition) is 0. The van der Waals surface area contributed by atoms with Gasteiger partial charge in [0.2, 0.25) is 23.6 Å². The second-order valence-corrected chi connectivity index (χ2v) is 19.2. The first-order valence-corrected chi connectivity index (χ1v) is 22.3. The number of methoxy groups -OCH3 is 2. The number of anilines is 2. The normalized spacial score (nSPS) is 26.3. The van der Waals surface area contributed by atoms with Crippen LogP contribution in [0.2, 0.25) is 30.1 Å². The van der Waals surface area contributed by atoms with Crippen LogP contribution in [-0.4, -0.2) is 37.8 Å². The summed E-state index contributed by atoms with van der Waals surface area (Å²) in [6.07, 6.45) is 0. The number of carbonyl (C=O) groups is 4. The van der Waals surface area contributed by atoms with E-state index < -0.39 is 33.5 Å². The van der Waals surface area contributed by atoms with Crippen LogP contribution in [0.3, 0.4) is 0 Å². The van der Waals surface area contributed by atoms with Gasteiger partial charge in [-0.15, -0.1) is 0 Å². The highest BCUT2D eigenvalue weighted by molar-refractivity contribution is 6.37. The number of piperidine rings is 2. The van der Waals surface area contributed by atoms with E-state index in [4.69, 9.17) is 79.1 Å². The van der Waals surface area contributed by atoms with Gasteiger partial charge in [0.05, 0.1) is 48.3 Å². The molecule has 2 aliphatic heterocycles. The molecule has 0 bridgehead atoms. The lowest BCUT2D eigenvalue weighted by molar-refractivity contribution is -0.127. The maximum Gasteiger partial charge on any atom is 0.241 e. The van der Waals surface area contributed by atoms with Crippen molar-refractivity contribution in [2.75, 3.05) is 24.0 Å². The second-order valence-electron chi connectivity index (χ2n) is 16.6. The van der Waals surface area contributed by atoms with E-state index in [0.29, 0.717) is 53.0 Å². The molecule has 2 saturated heterocycles. The van der Waals surface area contributed by atoms with E-state index >= 15 is 0 Å². The molecule has 4 amide bonds. The van der Waals surface area contributed by atoms with Crippen molar-refractivity contribution in [3.8, 4) is 11.5 Å². The van der Waals surface area contributed by atoms with Gasteiger partial charge in [0, 0.05) is 41.0 Å². The Balaban J connectivity index is 0.000000162. The molecule has 0 aromatic heterocycles. The highest BCUT2D eigenvalue weighted by atomic mass is 35.5. The average molecular weight is 974 g/mol. The van der Waals surface area contributed by atoms with Crippen molar-refractivity contribution in [1.29, 1.82) is 0 Å². The van der Waals surface area contributed by atoms with Crippen molar-refractivity contribution in [2.24, 2.45) is 22.7 Å². The van der Waals surface area contributed by atoms with Crippen LogP contribution in [0.25, 0.3) is 0 Å². The number of halogens is 6. The monoisotopic (exact) mass is 970 g/mol. The molecular weight excluding hydrogens is 937 g/mol. The quantitative estimate of drug-likeness (QED) is 0.141. The number of hydrogen-bond acceptors (Lipinski definition) is 6. The fraction of sp³-hybridized carbons (Fsp3) is 0.200. The van der Waals surface area contributed by atoms with Crippen molar-refractivity contribution in [3.05, 3.63) is 186 Å². The minimum absolute atomic E-state index is 0.276. The van der Waals surface area contributed by atoms with Crippen LogP contribution < -0.4 is 19.3 Å². The van der Waals surface area contributed by atoms with Gasteiger partial charge in [0.1, 0.15) is 11.5 Å². The molecule has 4 fully saturated rings. The third-order valence-electron chi connectivity index (χ3n) is 13.6. The Labute approximate surface area is 399 Å². The molecule has 2 heterocycles. The lowest BCUT2D eigenvalue weighted by Gasteiger charge is -2.29. The number of amides is 4. The predicted octanol–water partition coefficient (Wildman–Crippen LogP) is 12.3. The molecule has 6 aromatic carbocycles. The summed E-state index contributed by atoms with van der Waals surface area (Å²) in [5.41, 5.74) is 0.680. The summed E-state index contributed by atoms with van der Waals surface area (Å²) in [5, 5.41) is 2.61. The molecule has 2 saturated carbocycles. The van der Waals surface area contributed by atoms with Gasteiger partial charge < -0.3 is 9.47 Å². The van der Waals surface area contributed by atoms with Crippen molar-refractivity contribution >= 4 is 105 Å². The average Bonchev–Trinajstić information content (AvgIpc) is 4.00. The van der Waals surface area contributed by atoms with Crippen LogP contribution >= 0.6 is 69.6 Å². The predicted molar refractivity (Wildman–Crippen MR) is 252 cm³/mol. The van der Waals surface area contributed by atoms with Crippen molar-refractivity contribution < 1.29 is 28.7 Å². The first kappa shape index (κ1) is 44.2. The van der Waals surface area contributed by atoms with Gasteiger partial charge in [-0.05, 0) is 121 Å². The Kier molecular flexibility index (Phi) is 10.9. The molecule has 6 atom stereocenters. The molecule has 0 N–H and O–H groups in total. The molecule has 0 unspecified atom stereocenters. The Morgan fingerprint density at radius 3 is 0.906 bits per heavy atom. The lowest BCUT2D eigenvalue weighted by Crippen LogP contribution is -2.42. The molecule has 14 heteroatoms. The Bertz CT molecular complexity index is 2670. The fourth-order valence-corrected chi connectivity index (χ4v) is 12.0. The van der Waals surface area contributed by atoms with E-state index in [2.05, 4.69) is 0 Å². The van der Waals surface area contributed by atoms with Crippen molar-refractivity contribution in [2.45, 2.75) is 24.7 Å². The summed E-state index contributed by atoms with van der Waals surface area (Å²) in [4.78, 5) is 57.5. The summed E-state index contributed by atoms with van der Waals surface area (Å²) >= 11 is 36.8. The van der Waals surface area contributed by atoms with Gasteiger partial charge in [-0.2, -0.15) is 0 Å². The lowest BCUT2D eigenvalue weighted by atomic mass is 9.79. The summed E-state index contributed by atoms with van der Waals surface area (Å²) in [5.74, 6) is -0.867. The molecule has 64 heavy (non-hydrogen) atoms. The van der Waals surface area contributed by atoms with Gasteiger partial charge in [0.25, 0.3) is 0 Å².